The Hall–Kier alpha value is -2.94. The van der Waals surface area contributed by atoms with Crippen LogP contribution in [0.5, 0.6) is 0 Å². The number of alkyl halides is 3. The zero-order chi connectivity index (χ0) is 22.0. The number of fused-ring (bicyclic) bond motifs is 1. The highest BCUT2D eigenvalue weighted by molar-refractivity contribution is 5.96. The zero-order valence-electron chi connectivity index (χ0n) is 17.2. The van der Waals surface area contributed by atoms with E-state index >= 15 is 0 Å². The van der Waals surface area contributed by atoms with Crippen molar-refractivity contribution in [3.63, 3.8) is 0 Å². The molecule has 0 atom stereocenters. The van der Waals surface area contributed by atoms with Gasteiger partial charge in [-0.05, 0) is 30.5 Å². The fraction of sp³-hybridized carbons (Fsp3) is 0.409. The van der Waals surface area contributed by atoms with E-state index in [9.17, 15) is 18.0 Å². The second-order valence-corrected chi connectivity index (χ2v) is 7.67. The van der Waals surface area contributed by atoms with Crippen LogP contribution >= 0.6 is 0 Å². The van der Waals surface area contributed by atoms with Crippen LogP contribution in [0.25, 0.3) is 10.9 Å². The average molecular weight is 432 g/mol. The van der Waals surface area contributed by atoms with E-state index < -0.39 is 12.7 Å². The summed E-state index contributed by atoms with van der Waals surface area (Å²) >= 11 is 0. The molecule has 1 fully saturated rings. The molecule has 0 saturated carbocycles. The molecule has 0 N–H and O–H groups in total. The topological polar surface area (TPSA) is 60.2 Å². The Labute approximate surface area is 177 Å². The van der Waals surface area contributed by atoms with Crippen LogP contribution in [0.4, 0.5) is 13.2 Å². The maximum absolute atomic E-state index is 13.2. The van der Waals surface area contributed by atoms with Gasteiger partial charge < -0.3 is 9.64 Å². The first kappa shape index (κ1) is 21.3. The molecule has 1 aliphatic rings. The van der Waals surface area contributed by atoms with Gasteiger partial charge in [0.25, 0.3) is 5.91 Å². The Kier molecular flexibility index (Phi) is 5.95. The molecule has 0 aliphatic carbocycles. The number of aromatic nitrogens is 3. The molecule has 0 bridgehead atoms. The summed E-state index contributed by atoms with van der Waals surface area (Å²) in [5, 5.41) is 4.77. The maximum atomic E-state index is 13.2. The van der Waals surface area contributed by atoms with Gasteiger partial charge in [0, 0.05) is 37.7 Å². The third-order valence-corrected chi connectivity index (χ3v) is 5.39. The van der Waals surface area contributed by atoms with Gasteiger partial charge in [-0.25, -0.2) is 0 Å². The van der Waals surface area contributed by atoms with Crippen LogP contribution in [0.2, 0.25) is 0 Å². The van der Waals surface area contributed by atoms with Crippen molar-refractivity contribution >= 4 is 16.8 Å². The number of hydrogen-bond acceptors (Lipinski definition) is 4. The minimum Gasteiger partial charge on any atom is -0.380 e. The fourth-order valence-electron chi connectivity index (χ4n) is 3.77. The van der Waals surface area contributed by atoms with Crippen molar-refractivity contribution in [3.05, 3.63) is 59.0 Å². The van der Waals surface area contributed by atoms with E-state index in [4.69, 9.17) is 4.74 Å². The largest absolute Gasteiger partial charge is 0.408 e. The minimum absolute atomic E-state index is 0.111. The first-order valence-corrected chi connectivity index (χ1v) is 10.2. The summed E-state index contributed by atoms with van der Waals surface area (Å²) in [7, 11) is 0. The van der Waals surface area contributed by atoms with Crippen LogP contribution in [0.1, 0.15) is 33.7 Å². The third-order valence-electron chi connectivity index (χ3n) is 5.39. The number of halogens is 3. The smallest absolute Gasteiger partial charge is 0.380 e. The van der Waals surface area contributed by atoms with E-state index in [1.165, 1.54) is 12.3 Å². The molecule has 3 aromatic rings. The van der Waals surface area contributed by atoms with Crippen molar-refractivity contribution in [3.8, 4) is 0 Å². The predicted molar refractivity (Wildman–Crippen MR) is 109 cm³/mol. The quantitative estimate of drug-likeness (QED) is 0.630. The summed E-state index contributed by atoms with van der Waals surface area (Å²) in [5.41, 5.74) is 2.88. The van der Waals surface area contributed by atoms with Gasteiger partial charge in [-0.15, -0.1) is 0 Å². The van der Waals surface area contributed by atoms with Crippen molar-refractivity contribution in [1.82, 2.24) is 19.7 Å². The second-order valence-electron chi connectivity index (χ2n) is 7.67. The second kappa shape index (κ2) is 8.66. The number of ether oxygens (including phenoxy) is 1. The molecular formula is C22H23F3N4O2. The molecule has 1 amide bonds. The zero-order valence-corrected chi connectivity index (χ0v) is 17.2. The van der Waals surface area contributed by atoms with Gasteiger partial charge in [-0.2, -0.15) is 18.3 Å². The molecule has 164 valence electrons. The van der Waals surface area contributed by atoms with Crippen LogP contribution in [-0.2, 0) is 17.7 Å². The van der Waals surface area contributed by atoms with E-state index in [-0.39, 0.29) is 17.1 Å². The van der Waals surface area contributed by atoms with Crippen LogP contribution in [0.15, 0.2) is 36.5 Å². The molecule has 1 aromatic carbocycles. The number of carbonyl (C=O) groups is 1. The standard InChI is InChI=1S/C22H23F3N4O2/c1-15-5-2-3-6-16(15)11-18-17-13-26-19(21(30)28-7-4-9-31-10-8-28)12-20(17)29(27-18)14-22(23,24)25/h2-3,5-6,12-13H,4,7-11,14H2,1H3. The first-order chi connectivity index (χ1) is 14.8. The number of aryl methyl sites for hydroxylation is 1. The number of nitrogens with zero attached hydrogens (tertiary/aromatic N) is 4. The highest BCUT2D eigenvalue weighted by atomic mass is 19.4. The van der Waals surface area contributed by atoms with Gasteiger partial charge in [0.2, 0.25) is 0 Å². The molecule has 0 unspecified atom stereocenters. The number of carbonyl (C=O) groups excluding carboxylic acids is 1. The molecule has 6 nitrogen and oxygen atoms in total. The molecule has 0 spiro atoms. The Morgan fingerprint density at radius 1 is 1.19 bits per heavy atom. The molecule has 31 heavy (non-hydrogen) atoms. The first-order valence-electron chi connectivity index (χ1n) is 10.2. The van der Waals surface area contributed by atoms with E-state index in [1.807, 2.05) is 31.2 Å². The lowest BCUT2D eigenvalue weighted by Crippen LogP contribution is -2.33. The van der Waals surface area contributed by atoms with E-state index in [0.717, 1.165) is 15.8 Å². The molecule has 3 heterocycles. The van der Waals surface area contributed by atoms with Gasteiger partial charge in [-0.3, -0.25) is 14.5 Å². The molecular weight excluding hydrogens is 409 g/mol. The number of hydrogen-bond donors (Lipinski definition) is 0. The Morgan fingerprint density at radius 3 is 2.77 bits per heavy atom. The van der Waals surface area contributed by atoms with Gasteiger partial charge >= 0.3 is 6.18 Å². The Balaban J connectivity index is 1.73. The Bertz CT molecular complexity index is 1090. The lowest BCUT2D eigenvalue weighted by atomic mass is 10.0. The highest BCUT2D eigenvalue weighted by Gasteiger charge is 2.30. The SMILES string of the molecule is Cc1ccccc1Cc1nn(CC(F)(F)F)c2cc(C(=O)N3CCCOCC3)ncc12. The lowest BCUT2D eigenvalue weighted by Gasteiger charge is -2.19. The van der Waals surface area contributed by atoms with E-state index in [0.29, 0.717) is 50.2 Å². The van der Waals surface area contributed by atoms with Crippen molar-refractivity contribution in [2.75, 3.05) is 26.3 Å². The molecule has 9 heteroatoms. The Morgan fingerprint density at radius 2 is 2.00 bits per heavy atom. The molecule has 1 saturated heterocycles. The van der Waals surface area contributed by atoms with E-state index in [1.54, 1.807) is 4.90 Å². The number of amides is 1. The minimum atomic E-state index is -4.44. The maximum Gasteiger partial charge on any atom is 0.408 e. The van der Waals surface area contributed by atoms with Crippen molar-refractivity contribution < 1.29 is 22.7 Å². The van der Waals surface area contributed by atoms with Crippen LogP contribution in [-0.4, -0.2) is 58.1 Å². The summed E-state index contributed by atoms with van der Waals surface area (Å²) in [6, 6.07) is 9.09. The number of rotatable bonds is 4. The van der Waals surface area contributed by atoms with Crippen LogP contribution in [0.3, 0.4) is 0 Å². The van der Waals surface area contributed by atoms with Crippen LogP contribution in [0, 0.1) is 6.92 Å². The summed E-state index contributed by atoms with van der Waals surface area (Å²) in [6.07, 6.45) is -1.88. The summed E-state index contributed by atoms with van der Waals surface area (Å²) in [5.74, 6) is -0.312. The number of pyridine rings is 1. The molecule has 4 rings (SSSR count). The monoisotopic (exact) mass is 432 g/mol. The van der Waals surface area contributed by atoms with Crippen molar-refractivity contribution in [1.29, 1.82) is 0 Å². The third kappa shape index (κ3) is 4.87. The summed E-state index contributed by atoms with van der Waals surface area (Å²) < 4.78 is 45.9. The fourth-order valence-corrected chi connectivity index (χ4v) is 3.77. The average Bonchev–Trinajstić information content (AvgIpc) is 2.90. The van der Waals surface area contributed by atoms with Crippen LogP contribution < -0.4 is 0 Å². The van der Waals surface area contributed by atoms with Crippen molar-refractivity contribution in [2.45, 2.75) is 32.5 Å². The van der Waals surface area contributed by atoms with Gasteiger partial charge in [-0.1, -0.05) is 24.3 Å². The predicted octanol–water partition coefficient (Wildman–Crippen LogP) is 3.76. The van der Waals surface area contributed by atoms with Gasteiger partial charge in [0.1, 0.15) is 12.2 Å². The molecule has 0 radical (unpaired) electrons. The molecule has 2 aromatic heterocycles. The van der Waals surface area contributed by atoms with Crippen molar-refractivity contribution in [2.24, 2.45) is 0 Å². The highest BCUT2D eigenvalue weighted by Crippen LogP contribution is 2.26. The lowest BCUT2D eigenvalue weighted by molar-refractivity contribution is -0.141. The normalized spacial score (nSPS) is 15.3. The molecule has 1 aliphatic heterocycles. The summed E-state index contributed by atoms with van der Waals surface area (Å²) in [6.45, 7) is 2.69. The van der Waals surface area contributed by atoms with Gasteiger partial charge in [0.05, 0.1) is 17.8 Å². The summed E-state index contributed by atoms with van der Waals surface area (Å²) in [4.78, 5) is 18.8. The van der Waals surface area contributed by atoms with Gasteiger partial charge in [0.15, 0.2) is 0 Å². The van der Waals surface area contributed by atoms with E-state index in [2.05, 4.69) is 10.1 Å². The number of benzene rings is 1.